The largest absolute Gasteiger partial charge is 0.348 e. The van der Waals surface area contributed by atoms with E-state index in [9.17, 15) is 4.79 Å². The number of amides is 1. The molecule has 3 nitrogen and oxygen atoms in total. The molecule has 3 heteroatoms. The SMILES string of the molecule is C=CCN1CC(C)(C)NC(=O)C1(C)C. The third-order valence-electron chi connectivity index (χ3n) is 2.73. The fourth-order valence-corrected chi connectivity index (χ4v) is 1.77. The summed E-state index contributed by atoms with van der Waals surface area (Å²) in [6.45, 7) is 13.3. The summed E-state index contributed by atoms with van der Waals surface area (Å²) in [7, 11) is 0. The van der Waals surface area contributed by atoms with Crippen LogP contribution in [0.3, 0.4) is 0 Å². The van der Waals surface area contributed by atoms with Crippen LogP contribution in [-0.2, 0) is 4.79 Å². The lowest BCUT2D eigenvalue weighted by Crippen LogP contribution is -2.69. The van der Waals surface area contributed by atoms with Crippen LogP contribution in [0.4, 0.5) is 0 Å². The van der Waals surface area contributed by atoms with E-state index in [2.05, 4.69) is 16.8 Å². The van der Waals surface area contributed by atoms with Crippen molar-refractivity contribution < 1.29 is 4.79 Å². The van der Waals surface area contributed by atoms with Crippen LogP contribution in [0.5, 0.6) is 0 Å². The molecule has 1 aliphatic rings. The maximum atomic E-state index is 11.8. The summed E-state index contributed by atoms with van der Waals surface area (Å²) >= 11 is 0. The van der Waals surface area contributed by atoms with E-state index in [1.165, 1.54) is 0 Å². The second-order valence-corrected chi connectivity index (χ2v) is 5.07. The molecule has 0 spiro atoms. The third-order valence-corrected chi connectivity index (χ3v) is 2.73. The molecule has 0 aromatic heterocycles. The van der Waals surface area contributed by atoms with E-state index < -0.39 is 5.54 Å². The quantitative estimate of drug-likeness (QED) is 0.672. The molecule has 0 aromatic rings. The van der Waals surface area contributed by atoms with E-state index in [-0.39, 0.29) is 11.4 Å². The van der Waals surface area contributed by atoms with Crippen molar-refractivity contribution in [3.05, 3.63) is 12.7 Å². The second kappa shape index (κ2) is 3.39. The van der Waals surface area contributed by atoms with Gasteiger partial charge in [0.25, 0.3) is 0 Å². The molecule has 0 radical (unpaired) electrons. The van der Waals surface area contributed by atoms with Crippen molar-refractivity contribution in [2.24, 2.45) is 0 Å². The number of nitrogens with one attached hydrogen (secondary N) is 1. The van der Waals surface area contributed by atoms with Crippen molar-refractivity contribution in [1.82, 2.24) is 10.2 Å². The zero-order chi connectivity index (χ0) is 11.0. The zero-order valence-electron chi connectivity index (χ0n) is 9.55. The summed E-state index contributed by atoms with van der Waals surface area (Å²) in [6.07, 6.45) is 1.84. The molecule has 1 saturated heterocycles. The predicted octanol–water partition coefficient (Wildman–Crippen LogP) is 1.16. The molecule has 1 amide bonds. The molecule has 1 heterocycles. The van der Waals surface area contributed by atoms with Gasteiger partial charge >= 0.3 is 0 Å². The van der Waals surface area contributed by atoms with Crippen LogP contribution in [0, 0.1) is 0 Å². The topological polar surface area (TPSA) is 32.3 Å². The van der Waals surface area contributed by atoms with Gasteiger partial charge in [0.1, 0.15) is 0 Å². The van der Waals surface area contributed by atoms with Gasteiger partial charge in [0.2, 0.25) is 5.91 Å². The molecule has 0 aliphatic carbocycles. The summed E-state index contributed by atoms with van der Waals surface area (Å²) in [5, 5.41) is 3.02. The predicted molar refractivity (Wildman–Crippen MR) is 58.1 cm³/mol. The molecule has 1 rings (SSSR count). The molecule has 0 bridgehead atoms. The first kappa shape index (κ1) is 11.2. The van der Waals surface area contributed by atoms with Crippen molar-refractivity contribution in [3.63, 3.8) is 0 Å². The highest BCUT2D eigenvalue weighted by Gasteiger charge is 2.43. The molecule has 1 aliphatic heterocycles. The van der Waals surface area contributed by atoms with Gasteiger partial charge in [-0.1, -0.05) is 6.08 Å². The number of hydrogen-bond acceptors (Lipinski definition) is 2. The molecule has 1 fully saturated rings. The Kier molecular flexibility index (Phi) is 2.72. The number of hydrogen-bond donors (Lipinski definition) is 1. The number of rotatable bonds is 2. The minimum atomic E-state index is -0.427. The molecule has 0 unspecified atom stereocenters. The van der Waals surface area contributed by atoms with Crippen molar-refractivity contribution >= 4 is 5.91 Å². The highest BCUT2D eigenvalue weighted by molar-refractivity contribution is 5.87. The molecule has 0 aromatic carbocycles. The number of carbonyl (C=O) groups excluding carboxylic acids is 1. The fraction of sp³-hybridized carbons (Fsp3) is 0.727. The normalized spacial score (nSPS) is 25.6. The van der Waals surface area contributed by atoms with Gasteiger partial charge in [0.05, 0.1) is 5.54 Å². The summed E-state index contributed by atoms with van der Waals surface area (Å²) in [4.78, 5) is 14.0. The fourth-order valence-electron chi connectivity index (χ4n) is 1.77. The Balaban J connectivity index is 2.89. The van der Waals surface area contributed by atoms with Crippen LogP contribution >= 0.6 is 0 Å². The van der Waals surface area contributed by atoms with E-state index in [1.807, 2.05) is 33.8 Å². The molecule has 0 saturated carbocycles. The van der Waals surface area contributed by atoms with Crippen molar-refractivity contribution in [1.29, 1.82) is 0 Å². The minimum Gasteiger partial charge on any atom is -0.348 e. The Hall–Kier alpha value is -0.830. The van der Waals surface area contributed by atoms with Gasteiger partial charge in [-0.3, -0.25) is 9.69 Å². The monoisotopic (exact) mass is 196 g/mol. The van der Waals surface area contributed by atoms with E-state index in [0.29, 0.717) is 0 Å². The zero-order valence-corrected chi connectivity index (χ0v) is 9.55. The lowest BCUT2D eigenvalue weighted by Gasteiger charge is -2.47. The van der Waals surface area contributed by atoms with Crippen molar-refractivity contribution in [3.8, 4) is 0 Å². The summed E-state index contributed by atoms with van der Waals surface area (Å²) in [6, 6.07) is 0. The lowest BCUT2D eigenvalue weighted by atomic mass is 9.90. The first-order chi connectivity index (χ1) is 6.29. The van der Waals surface area contributed by atoms with Gasteiger partial charge in [-0.05, 0) is 27.7 Å². The molecule has 0 atom stereocenters. The third kappa shape index (κ3) is 1.98. The maximum Gasteiger partial charge on any atom is 0.240 e. The van der Waals surface area contributed by atoms with Crippen molar-refractivity contribution in [2.45, 2.75) is 38.8 Å². The number of piperazine rings is 1. The van der Waals surface area contributed by atoms with E-state index in [0.717, 1.165) is 13.1 Å². The summed E-state index contributed by atoms with van der Waals surface area (Å²) in [5.74, 6) is 0.0931. The summed E-state index contributed by atoms with van der Waals surface area (Å²) in [5.41, 5.74) is -0.570. The Morgan fingerprint density at radius 1 is 1.50 bits per heavy atom. The standard InChI is InChI=1S/C11H20N2O/c1-6-7-13-8-10(2,3)12-9(14)11(13,4)5/h6H,1,7-8H2,2-5H3,(H,12,14). The van der Waals surface area contributed by atoms with Crippen LogP contribution in [0.15, 0.2) is 12.7 Å². The molecule has 80 valence electrons. The summed E-state index contributed by atoms with van der Waals surface area (Å²) < 4.78 is 0. The Morgan fingerprint density at radius 3 is 2.57 bits per heavy atom. The van der Waals surface area contributed by atoms with Gasteiger partial charge in [-0.15, -0.1) is 6.58 Å². The van der Waals surface area contributed by atoms with Crippen LogP contribution in [0.25, 0.3) is 0 Å². The average molecular weight is 196 g/mol. The van der Waals surface area contributed by atoms with E-state index in [1.54, 1.807) is 0 Å². The average Bonchev–Trinajstić information content (AvgIpc) is 2.00. The number of carbonyl (C=O) groups is 1. The molecule has 14 heavy (non-hydrogen) atoms. The van der Waals surface area contributed by atoms with Crippen molar-refractivity contribution in [2.75, 3.05) is 13.1 Å². The highest BCUT2D eigenvalue weighted by Crippen LogP contribution is 2.23. The molecular weight excluding hydrogens is 176 g/mol. The Bertz CT molecular complexity index is 256. The van der Waals surface area contributed by atoms with Gasteiger partial charge in [0, 0.05) is 18.6 Å². The second-order valence-electron chi connectivity index (χ2n) is 5.07. The van der Waals surface area contributed by atoms with Crippen LogP contribution < -0.4 is 5.32 Å². The van der Waals surface area contributed by atoms with Gasteiger partial charge in [-0.25, -0.2) is 0 Å². The van der Waals surface area contributed by atoms with Crippen LogP contribution in [-0.4, -0.2) is 35.0 Å². The van der Waals surface area contributed by atoms with Crippen LogP contribution in [0.2, 0.25) is 0 Å². The van der Waals surface area contributed by atoms with Gasteiger partial charge in [-0.2, -0.15) is 0 Å². The molecular formula is C11H20N2O. The first-order valence-electron chi connectivity index (χ1n) is 4.98. The highest BCUT2D eigenvalue weighted by atomic mass is 16.2. The van der Waals surface area contributed by atoms with E-state index >= 15 is 0 Å². The maximum absolute atomic E-state index is 11.8. The molecule has 1 N–H and O–H groups in total. The van der Waals surface area contributed by atoms with E-state index in [4.69, 9.17) is 0 Å². The Morgan fingerprint density at radius 2 is 2.07 bits per heavy atom. The van der Waals surface area contributed by atoms with Gasteiger partial charge < -0.3 is 5.32 Å². The number of nitrogens with zero attached hydrogens (tertiary/aromatic N) is 1. The Labute approximate surface area is 86.2 Å². The van der Waals surface area contributed by atoms with Gasteiger partial charge in [0.15, 0.2) is 0 Å². The lowest BCUT2D eigenvalue weighted by molar-refractivity contribution is -0.139. The first-order valence-corrected chi connectivity index (χ1v) is 4.98. The van der Waals surface area contributed by atoms with Crippen LogP contribution in [0.1, 0.15) is 27.7 Å². The minimum absolute atomic E-state index is 0.0931. The smallest absolute Gasteiger partial charge is 0.240 e.